The summed E-state index contributed by atoms with van der Waals surface area (Å²) in [7, 11) is 0. The van der Waals surface area contributed by atoms with Gasteiger partial charge in [0.15, 0.2) is 0 Å². The molecule has 1 fully saturated rings. The Labute approximate surface area is 135 Å². The topological polar surface area (TPSA) is 29.5 Å². The molecule has 0 unspecified atom stereocenters. The molecule has 3 nitrogen and oxygen atoms in total. The van der Waals surface area contributed by atoms with E-state index in [9.17, 15) is 18.0 Å². The number of rotatable bonds is 2. The van der Waals surface area contributed by atoms with Crippen molar-refractivity contribution in [2.24, 2.45) is 0 Å². The number of carbonyl (C=O) groups is 1. The number of anilines is 1. The Morgan fingerprint density at radius 3 is 2.48 bits per heavy atom. The number of halogens is 4. The van der Waals surface area contributed by atoms with E-state index in [1.54, 1.807) is 30.3 Å². The van der Waals surface area contributed by atoms with Crippen LogP contribution in [0.1, 0.15) is 17.2 Å². The van der Waals surface area contributed by atoms with E-state index in [0.717, 1.165) is 12.1 Å². The molecule has 0 radical (unpaired) electrons. The molecule has 120 valence electrons. The molecule has 0 aromatic heterocycles. The van der Waals surface area contributed by atoms with Crippen LogP contribution in [-0.2, 0) is 10.9 Å². The normalized spacial score (nSPS) is 18.2. The third-order valence-corrected chi connectivity index (χ3v) is 3.83. The highest BCUT2D eigenvalue weighted by molar-refractivity contribution is 6.30. The molecule has 1 heterocycles. The lowest BCUT2D eigenvalue weighted by molar-refractivity contribution is -0.137. The van der Waals surface area contributed by atoms with Gasteiger partial charge in [-0.2, -0.15) is 13.2 Å². The highest BCUT2D eigenvalue weighted by atomic mass is 35.5. The van der Waals surface area contributed by atoms with Crippen molar-refractivity contribution >= 4 is 23.4 Å². The van der Waals surface area contributed by atoms with Gasteiger partial charge < -0.3 is 4.74 Å². The average Bonchev–Trinajstić information content (AvgIpc) is 2.89. The maximum absolute atomic E-state index is 12.9. The third kappa shape index (κ3) is 3.12. The first kappa shape index (κ1) is 15.7. The van der Waals surface area contributed by atoms with Crippen LogP contribution in [0, 0.1) is 0 Å². The number of hydrogen-bond donors (Lipinski definition) is 0. The maximum Gasteiger partial charge on any atom is 0.416 e. The number of alkyl halides is 3. The number of cyclic esters (lactones) is 1. The molecule has 1 amide bonds. The summed E-state index contributed by atoms with van der Waals surface area (Å²) in [4.78, 5) is 13.3. The van der Waals surface area contributed by atoms with E-state index >= 15 is 0 Å². The second-order valence-electron chi connectivity index (χ2n) is 5.06. The van der Waals surface area contributed by atoms with Crippen LogP contribution in [0.25, 0.3) is 0 Å². The van der Waals surface area contributed by atoms with Gasteiger partial charge in [-0.05, 0) is 42.0 Å². The number of hydrogen-bond acceptors (Lipinski definition) is 2. The van der Waals surface area contributed by atoms with Crippen LogP contribution in [-0.4, -0.2) is 12.7 Å². The van der Waals surface area contributed by atoms with E-state index in [0.29, 0.717) is 16.3 Å². The molecule has 0 bridgehead atoms. The van der Waals surface area contributed by atoms with Crippen molar-refractivity contribution in [3.8, 4) is 0 Å². The molecule has 3 rings (SSSR count). The van der Waals surface area contributed by atoms with Gasteiger partial charge in [-0.1, -0.05) is 23.7 Å². The van der Waals surface area contributed by atoms with Gasteiger partial charge in [0.1, 0.15) is 6.61 Å². The van der Waals surface area contributed by atoms with Crippen molar-refractivity contribution in [1.29, 1.82) is 0 Å². The van der Waals surface area contributed by atoms with Crippen LogP contribution in [0.3, 0.4) is 0 Å². The van der Waals surface area contributed by atoms with E-state index in [4.69, 9.17) is 16.3 Å². The Morgan fingerprint density at radius 2 is 1.83 bits per heavy atom. The first-order chi connectivity index (χ1) is 10.9. The minimum Gasteiger partial charge on any atom is -0.447 e. The summed E-state index contributed by atoms with van der Waals surface area (Å²) < 4.78 is 43.6. The van der Waals surface area contributed by atoms with Crippen molar-refractivity contribution < 1.29 is 22.7 Å². The Balaban J connectivity index is 1.98. The van der Waals surface area contributed by atoms with Gasteiger partial charge >= 0.3 is 12.3 Å². The first-order valence-electron chi connectivity index (χ1n) is 6.75. The quantitative estimate of drug-likeness (QED) is 0.764. The summed E-state index contributed by atoms with van der Waals surface area (Å²) >= 11 is 5.82. The van der Waals surface area contributed by atoms with Gasteiger partial charge in [-0.15, -0.1) is 0 Å². The number of nitrogens with zero attached hydrogens (tertiary/aromatic N) is 1. The van der Waals surface area contributed by atoms with Gasteiger partial charge in [0, 0.05) is 10.7 Å². The summed E-state index contributed by atoms with van der Waals surface area (Å²) in [5.41, 5.74) is 0.116. The number of benzene rings is 2. The summed E-state index contributed by atoms with van der Waals surface area (Å²) in [5, 5.41) is 0.497. The van der Waals surface area contributed by atoms with Gasteiger partial charge in [0.25, 0.3) is 0 Å². The molecule has 0 N–H and O–H groups in total. The monoisotopic (exact) mass is 341 g/mol. The molecule has 0 spiro atoms. The van der Waals surface area contributed by atoms with Crippen LogP contribution in [0.5, 0.6) is 0 Å². The Kier molecular flexibility index (Phi) is 3.93. The summed E-state index contributed by atoms with van der Waals surface area (Å²) in [6, 6.07) is 10.7. The smallest absolute Gasteiger partial charge is 0.416 e. The fraction of sp³-hybridized carbons (Fsp3) is 0.188. The van der Waals surface area contributed by atoms with Gasteiger partial charge in [0.2, 0.25) is 0 Å². The van der Waals surface area contributed by atoms with E-state index in [-0.39, 0.29) is 6.61 Å². The van der Waals surface area contributed by atoms with Crippen molar-refractivity contribution in [2.75, 3.05) is 11.5 Å². The van der Waals surface area contributed by atoms with Crippen molar-refractivity contribution in [2.45, 2.75) is 12.2 Å². The molecule has 1 aliphatic rings. The van der Waals surface area contributed by atoms with E-state index in [2.05, 4.69) is 0 Å². The number of amides is 1. The predicted molar refractivity (Wildman–Crippen MR) is 79.5 cm³/mol. The fourth-order valence-electron chi connectivity index (χ4n) is 2.48. The zero-order chi connectivity index (χ0) is 16.6. The minimum absolute atomic E-state index is 0.0111. The molecule has 7 heteroatoms. The van der Waals surface area contributed by atoms with Crippen LogP contribution >= 0.6 is 11.6 Å². The lowest BCUT2D eigenvalue weighted by Crippen LogP contribution is -2.27. The van der Waals surface area contributed by atoms with E-state index in [1.165, 1.54) is 11.0 Å². The van der Waals surface area contributed by atoms with Crippen LogP contribution in [0.4, 0.5) is 23.7 Å². The predicted octanol–water partition coefficient (Wildman–Crippen LogP) is 5.06. The molecule has 0 saturated carbocycles. The number of carbonyl (C=O) groups excluding carboxylic acids is 1. The molecule has 2 aromatic rings. The second-order valence-corrected chi connectivity index (χ2v) is 5.50. The van der Waals surface area contributed by atoms with Crippen molar-refractivity contribution in [1.82, 2.24) is 0 Å². The molecule has 0 aliphatic carbocycles. The lowest BCUT2D eigenvalue weighted by atomic mass is 10.0. The Bertz CT molecular complexity index is 731. The minimum atomic E-state index is -4.44. The van der Waals surface area contributed by atoms with Crippen LogP contribution < -0.4 is 4.90 Å². The van der Waals surface area contributed by atoms with Gasteiger partial charge in [0.05, 0.1) is 11.6 Å². The zero-order valence-electron chi connectivity index (χ0n) is 11.7. The molecule has 1 aliphatic heterocycles. The lowest BCUT2D eigenvalue weighted by Gasteiger charge is -2.22. The average molecular weight is 342 g/mol. The maximum atomic E-state index is 12.9. The van der Waals surface area contributed by atoms with Crippen molar-refractivity contribution in [3.05, 3.63) is 64.7 Å². The van der Waals surface area contributed by atoms with Gasteiger partial charge in [-0.25, -0.2) is 4.79 Å². The molecule has 2 aromatic carbocycles. The first-order valence-corrected chi connectivity index (χ1v) is 7.13. The van der Waals surface area contributed by atoms with Crippen LogP contribution in [0.2, 0.25) is 5.02 Å². The van der Waals surface area contributed by atoms with Crippen LogP contribution in [0.15, 0.2) is 48.5 Å². The summed E-state index contributed by atoms with van der Waals surface area (Å²) in [6.45, 7) is -0.0111. The standard InChI is InChI=1S/C16H11ClF3NO2/c17-12-4-6-13(7-5-12)21-14(9-23-15(21)22)10-2-1-3-11(8-10)16(18,19)20/h1-8,14H,9H2/t14-/m1/s1. The SMILES string of the molecule is O=C1OC[C@H](c2cccc(C(F)(F)F)c2)N1c1ccc(Cl)cc1. The Morgan fingerprint density at radius 1 is 1.13 bits per heavy atom. The largest absolute Gasteiger partial charge is 0.447 e. The molecule has 23 heavy (non-hydrogen) atoms. The molecule has 1 saturated heterocycles. The third-order valence-electron chi connectivity index (χ3n) is 3.58. The van der Waals surface area contributed by atoms with Gasteiger partial charge in [-0.3, -0.25) is 4.90 Å². The molecular weight excluding hydrogens is 331 g/mol. The molecular formula is C16H11ClF3NO2. The second kappa shape index (κ2) is 5.77. The van der Waals surface area contributed by atoms with Crippen molar-refractivity contribution in [3.63, 3.8) is 0 Å². The highest BCUT2D eigenvalue weighted by Crippen LogP contribution is 2.36. The highest BCUT2D eigenvalue weighted by Gasteiger charge is 2.37. The summed E-state index contributed by atoms with van der Waals surface area (Å²) in [6.07, 6.45) is -5.04. The van der Waals surface area contributed by atoms with E-state index in [1.807, 2.05) is 0 Å². The molecule has 1 atom stereocenters. The fourth-order valence-corrected chi connectivity index (χ4v) is 2.60. The summed E-state index contributed by atoms with van der Waals surface area (Å²) in [5.74, 6) is 0. The van der Waals surface area contributed by atoms with E-state index < -0.39 is 23.9 Å². The number of ether oxygens (including phenoxy) is 1. The Hall–Kier alpha value is -2.21. The zero-order valence-corrected chi connectivity index (χ0v) is 12.4.